The molecular weight excluding hydrogens is 413 g/mol. The average molecular weight is 428 g/mol. The number of anilines is 2. The van der Waals surface area contributed by atoms with Crippen LogP contribution in [-0.2, 0) is 7.05 Å². The van der Waals surface area contributed by atoms with Gasteiger partial charge in [-0.1, -0.05) is 53.5 Å². The van der Waals surface area contributed by atoms with Crippen molar-refractivity contribution in [2.45, 2.75) is 0 Å². The summed E-state index contributed by atoms with van der Waals surface area (Å²) in [6.07, 6.45) is 1.77. The Balaban J connectivity index is 1.56. The molecule has 0 bridgehead atoms. The van der Waals surface area contributed by atoms with Gasteiger partial charge in [0.25, 0.3) is 0 Å². The summed E-state index contributed by atoms with van der Waals surface area (Å²) in [6, 6.07) is 14.2. The fraction of sp³-hybridized carbons (Fsp3) is 0.0526. The molecule has 0 saturated carbocycles. The third kappa shape index (κ3) is 4.23. The molecule has 0 unspecified atom stereocenters. The highest BCUT2D eigenvalue weighted by molar-refractivity contribution is 6.33. The molecule has 0 aliphatic rings. The maximum absolute atomic E-state index is 12.2. The topological polar surface area (TPSA) is 96.8 Å². The molecule has 3 aromatic heterocycles. The van der Waals surface area contributed by atoms with E-state index < -0.39 is 6.03 Å². The van der Waals surface area contributed by atoms with Crippen LogP contribution in [0.3, 0.4) is 0 Å². The van der Waals surface area contributed by atoms with Crippen LogP contribution in [0.5, 0.6) is 0 Å². The predicted octanol–water partition coefficient (Wildman–Crippen LogP) is 4.49. The number of fused-ring (bicyclic) bond motifs is 1. The number of aryl methyl sites for hydroxylation is 1. The number of amides is 2. The summed E-state index contributed by atoms with van der Waals surface area (Å²) in [6.45, 7) is 0. The largest absolute Gasteiger partial charge is 0.337 e. The van der Waals surface area contributed by atoms with Crippen molar-refractivity contribution in [2.75, 3.05) is 10.7 Å². The van der Waals surface area contributed by atoms with E-state index in [1.54, 1.807) is 10.9 Å². The van der Waals surface area contributed by atoms with Crippen LogP contribution < -0.4 is 16.2 Å². The first-order valence-corrected chi connectivity index (χ1v) is 9.29. The predicted molar refractivity (Wildman–Crippen MR) is 114 cm³/mol. The molecule has 0 aliphatic heterocycles. The molecule has 146 valence electrons. The second-order valence-corrected chi connectivity index (χ2v) is 6.91. The van der Waals surface area contributed by atoms with Gasteiger partial charge in [-0.3, -0.25) is 15.5 Å². The van der Waals surface area contributed by atoms with Gasteiger partial charge in [-0.05, 0) is 29.3 Å². The highest BCUT2D eigenvalue weighted by Gasteiger charge is 2.12. The number of halogens is 2. The molecule has 29 heavy (non-hydrogen) atoms. The smallest absolute Gasteiger partial charge is 0.306 e. The number of benzene rings is 1. The molecule has 10 heteroatoms. The maximum atomic E-state index is 12.2. The Bertz CT molecular complexity index is 1170. The van der Waals surface area contributed by atoms with Crippen molar-refractivity contribution in [1.29, 1.82) is 0 Å². The Hall–Kier alpha value is -3.36. The number of nitrogens with zero attached hydrogens (tertiary/aromatic N) is 4. The summed E-state index contributed by atoms with van der Waals surface area (Å²) in [5.41, 5.74) is 8.42. The molecule has 4 aromatic rings. The van der Waals surface area contributed by atoms with E-state index in [0.29, 0.717) is 17.2 Å². The SMILES string of the molecule is Cn1ncc2c(-c3ccccc3)cc(NNC(=O)Nc3cc(Cl)nc(Cl)c3)nc21. The Morgan fingerprint density at radius 3 is 2.48 bits per heavy atom. The van der Waals surface area contributed by atoms with Crippen LogP contribution in [0.1, 0.15) is 0 Å². The van der Waals surface area contributed by atoms with Crippen molar-refractivity contribution in [3.8, 4) is 11.1 Å². The highest BCUT2D eigenvalue weighted by Crippen LogP contribution is 2.29. The van der Waals surface area contributed by atoms with Gasteiger partial charge in [-0.25, -0.2) is 14.8 Å². The lowest BCUT2D eigenvalue weighted by molar-refractivity contribution is 0.254. The molecule has 4 rings (SSSR count). The van der Waals surface area contributed by atoms with Crippen LogP contribution in [0.25, 0.3) is 22.2 Å². The number of hydrazine groups is 1. The number of pyridine rings is 2. The second-order valence-electron chi connectivity index (χ2n) is 6.13. The first-order chi connectivity index (χ1) is 14.0. The zero-order valence-corrected chi connectivity index (χ0v) is 16.7. The van der Waals surface area contributed by atoms with Crippen LogP contribution in [0.2, 0.25) is 10.3 Å². The van der Waals surface area contributed by atoms with Gasteiger partial charge in [0.1, 0.15) is 16.1 Å². The second kappa shape index (κ2) is 7.94. The van der Waals surface area contributed by atoms with Crippen molar-refractivity contribution < 1.29 is 4.79 Å². The zero-order chi connectivity index (χ0) is 20.4. The average Bonchev–Trinajstić information content (AvgIpc) is 3.06. The monoisotopic (exact) mass is 427 g/mol. The van der Waals surface area contributed by atoms with E-state index >= 15 is 0 Å². The number of rotatable bonds is 4. The van der Waals surface area contributed by atoms with Crippen LogP contribution in [0.15, 0.2) is 54.7 Å². The van der Waals surface area contributed by atoms with Gasteiger partial charge in [0.15, 0.2) is 5.65 Å². The molecule has 0 saturated heterocycles. The lowest BCUT2D eigenvalue weighted by Gasteiger charge is -2.12. The lowest BCUT2D eigenvalue weighted by Crippen LogP contribution is -2.34. The molecular formula is C19H15Cl2N7O. The van der Waals surface area contributed by atoms with Crippen molar-refractivity contribution in [3.05, 3.63) is 65.0 Å². The van der Waals surface area contributed by atoms with E-state index in [9.17, 15) is 4.79 Å². The molecule has 0 fully saturated rings. The van der Waals surface area contributed by atoms with E-state index in [1.165, 1.54) is 12.1 Å². The van der Waals surface area contributed by atoms with Crippen molar-refractivity contribution in [3.63, 3.8) is 0 Å². The lowest BCUT2D eigenvalue weighted by atomic mass is 10.0. The quantitative estimate of drug-likeness (QED) is 0.329. The Kier molecular flexibility index (Phi) is 5.20. The molecule has 2 amide bonds. The molecule has 0 aliphatic carbocycles. The van der Waals surface area contributed by atoms with Crippen LogP contribution in [0, 0.1) is 0 Å². The van der Waals surface area contributed by atoms with E-state index in [0.717, 1.165) is 16.5 Å². The molecule has 0 atom stereocenters. The fourth-order valence-electron chi connectivity index (χ4n) is 2.86. The van der Waals surface area contributed by atoms with Gasteiger partial charge < -0.3 is 5.32 Å². The van der Waals surface area contributed by atoms with Gasteiger partial charge in [-0.2, -0.15) is 5.10 Å². The normalized spacial score (nSPS) is 10.7. The van der Waals surface area contributed by atoms with Gasteiger partial charge >= 0.3 is 6.03 Å². The third-order valence-electron chi connectivity index (χ3n) is 4.11. The molecule has 0 radical (unpaired) electrons. The van der Waals surface area contributed by atoms with E-state index in [-0.39, 0.29) is 10.3 Å². The van der Waals surface area contributed by atoms with Gasteiger partial charge in [0, 0.05) is 18.1 Å². The first-order valence-electron chi connectivity index (χ1n) is 8.54. The summed E-state index contributed by atoms with van der Waals surface area (Å²) < 4.78 is 1.67. The number of carbonyl (C=O) groups is 1. The number of urea groups is 1. The number of carbonyl (C=O) groups excluding carboxylic acids is 1. The van der Waals surface area contributed by atoms with E-state index in [2.05, 4.69) is 31.2 Å². The highest BCUT2D eigenvalue weighted by atomic mass is 35.5. The molecule has 3 heterocycles. The minimum atomic E-state index is -0.517. The van der Waals surface area contributed by atoms with Crippen LogP contribution >= 0.6 is 23.2 Å². The summed E-state index contributed by atoms with van der Waals surface area (Å²) in [7, 11) is 1.81. The number of hydrogen-bond acceptors (Lipinski definition) is 5. The van der Waals surface area contributed by atoms with Gasteiger partial charge in [-0.15, -0.1) is 0 Å². The van der Waals surface area contributed by atoms with E-state index in [4.69, 9.17) is 23.2 Å². The molecule has 1 aromatic carbocycles. The van der Waals surface area contributed by atoms with Crippen molar-refractivity contribution in [2.24, 2.45) is 7.05 Å². The Morgan fingerprint density at radius 1 is 1.03 bits per heavy atom. The summed E-state index contributed by atoms with van der Waals surface area (Å²) >= 11 is 11.7. The number of aromatic nitrogens is 4. The van der Waals surface area contributed by atoms with Crippen LogP contribution in [-0.4, -0.2) is 25.8 Å². The fourth-order valence-corrected chi connectivity index (χ4v) is 3.32. The minimum Gasteiger partial charge on any atom is -0.306 e. The summed E-state index contributed by atoms with van der Waals surface area (Å²) in [5.74, 6) is 0.459. The maximum Gasteiger partial charge on any atom is 0.337 e. The van der Waals surface area contributed by atoms with Crippen molar-refractivity contribution >= 4 is 51.8 Å². The number of nitrogens with one attached hydrogen (secondary N) is 3. The standard InChI is InChI=1S/C19H15Cl2N7O/c1-28-18-14(10-22-28)13(11-5-3-2-4-6-11)9-17(25-18)26-27-19(29)23-12-7-15(20)24-16(21)8-12/h2-10H,1H3,(H,25,26)(H2,23,24,27,29). The third-order valence-corrected chi connectivity index (χ3v) is 4.50. The Labute approximate surface area is 175 Å². The van der Waals surface area contributed by atoms with Gasteiger partial charge in [0.2, 0.25) is 0 Å². The molecule has 3 N–H and O–H groups in total. The van der Waals surface area contributed by atoms with Gasteiger partial charge in [0.05, 0.1) is 6.20 Å². The first kappa shape index (κ1) is 19.0. The minimum absolute atomic E-state index is 0.177. The Morgan fingerprint density at radius 2 is 1.76 bits per heavy atom. The summed E-state index contributed by atoms with van der Waals surface area (Å²) in [4.78, 5) is 20.6. The molecule has 8 nitrogen and oxygen atoms in total. The van der Waals surface area contributed by atoms with E-state index in [1.807, 2.05) is 43.4 Å². The molecule has 0 spiro atoms. The van der Waals surface area contributed by atoms with Crippen molar-refractivity contribution in [1.82, 2.24) is 25.2 Å². The van der Waals surface area contributed by atoms with Crippen LogP contribution in [0.4, 0.5) is 16.3 Å². The summed E-state index contributed by atoms with van der Waals surface area (Å²) in [5, 5.41) is 8.17. The zero-order valence-electron chi connectivity index (χ0n) is 15.1. The number of hydrogen-bond donors (Lipinski definition) is 3.